The Kier molecular flexibility index (Phi) is 5.41. The second kappa shape index (κ2) is 7.06. The zero-order valence-corrected chi connectivity index (χ0v) is 12.7. The van der Waals surface area contributed by atoms with Crippen LogP contribution in [0.25, 0.3) is 0 Å². The molecule has 2 rings (SSSR count). The maximum Gasteiger partial charge on any atom is 0.0238 e. The van der Waals surface area contributed by atoms with Crippen molar-refractivity contribution in [2.75, 3.05) is 26.7 Å². The zero-order valence-electron chi connectivity index (χ0n) is 12.7. The summed E-state index contributed by atoms with van der Waals surface area (Å²) in [7, 11) is 2.05. The molecule has 2 nitrogen and oxygen atoms in total. The van der Waals surface area contributed by atoms with Crippen molar-refractivity contribution in [2.45, 2.75) is 39.7 Å². The van der Waals surface area contributed by atoms with E-state index in [0.717, 1.165) is 12.5 Å². The fraction of sp³-hybridized carbons (Fsp3) is 0.647. The molecule has 0 unspecified atom stereocenters. The Morgan fingerprint density at radius 1 is 1.16 bits per heavy atom. The molecule has 0 radical (unpaired) electrons. The first-order valence-corrected chi connectivity index (χ1v) is 7.62. The van der Waals surface area contributed by atoms with Crippen LogP contribution < -0.4 is 5.32 Å². The van der Waals surface area contributed by atoms with Gasteiger partial charge in [-0.2, -0.15) is 0 Å². The maximum absolute atomic E-state index is 3.27. The number of hydrogen-bond acceptors (Lipinski definition) is 2. The lowest BCUT2D eigenvalue weighted by Crippen LogP contribution is -2.34. The molecule has 0 aromatic heterocycles. The highest BCUT2D eigenvalue weighted by Crippen LogP contribution is 2.23. The highest BCUT2D eigenvalue weighted by atomic mass is 15.1. The summed E-state index contributed by atoms with van der Waals surface area (Å²) in [6, 6.07) is 6.64. The van der Waals surface area contributed by atoms with Gasteiger partial charge in [-0.25, -0.2) is 0 Å². The zero-order chi connectivity index (χ0) is 13.7. The molecule has 1 aliphatic rings. The summed E-state index contributed by atoms with van der Waals surface area (Å²) in [5, 5.41) is 3.27. The van der Waals surface area contributed by atoms with E-state index < -0.39 is 0 Å². The molecule has 1 heterocycles. The van der Waals surface area contributed by atoms with E-state index in [9.17, 15) is 0 Å². The van der Waals surface area contributed by atoms with Crippen molar-refractivity contribution < 1.29 is 0 Å². The van der Waals surface area contributed by atoms with E-state index in [1.54, 1.807) is 0 Å². The van der Waals surface area contributed by atoms with E-state index in [0.29, 0.717) is 0 Å². The fourth-order valence-corrected chi connectivity index (χ4v) is 3.10. The lowest BCUT2D eigenvalue weighted by Gasteiger charge is -2.32. The van der Waals surface area contributed by atoms with Crippen LogP contribution in [-0.4, -0.2) is 31.6 Å². The van der Waals surface area contributed by atoms with Crippen molar-refractivity contribution in [1.82, 2.24) is 10.2 Å². The van der Waals surface area contributed by atoms with E-state index >= 15 is 0 Å². The van der Waals surface area contributed by atoms with Gasteiger partial charge in [-0.3, -0.25) is 4.90 Å². The van der Waals surface area contributed by atoms with Crippen LogP contribution in [0.4, 0.5) is 0 Å². The number of rotatable bonds is 5. The van der Waals surface area contributed by atoms with E-state index in [1.165, 1.54) is 55.6 Å². The third-order valence-electron chi connectivity index (χ3n) is 4.54. The standard InChI is InChI=1S/C17H28N2/c1-14-5-4-6-15(2)17(14)13-19-11-8-16(9-12-19)7-10-18-3/h4-6,16,18H,7-13H2,1-3H3. The molecule has 1 aliphatic heterocycles. The van der Waals surface area contributed by atoms with Crippen LogP contribution in [0.15, 0.2) is 18.2 Å². The normalized spacial score (nSPS) is 17.8. The van der Waals surface area contributed by atoms with Gasteiger partial charge in [-0.05, 0) is 82.4 Å². The minimum atomic E-state index is 0.932. The van der Waals surface area contributed by atoms with E-state index in [4.69, 9.17) is 0 Å². The van der Waals surface area contributed by atoms with Gasteiger partial charge in [0, 0.05) is 6.54 Å². The molecular weight excluding hydrogens is 232 g/mol. The van der Waals surface area contributed by atoms with E-state index in [1.807, 2.05) is 0 Å². The lowest BCUT2D eigenvalue weighted by molar-refractivity contribution is 0.172. The second-order valence-corrected chi connectivity index (χ2v) is 5.98. The average Bonchev–Trinajstić information content (AvgIpc) is 2.42. The molecule has 1 fully saturated rings. The average molecular weight is 260 g/mol. The van der Waals surface area contributed by atoms with Gasteiger partial charge in [0.25, 0.3) is 0 Å². The Labute approximate surface area is 118 Å². The highest BCUT2D eigenvalue weighted by Gasteiger charge is 2.19. The number of nitrogens with zero attached hydrogens (tertiary/aromatic N) is 1. The molecule has 1 saturated heterocycles. The largest absolute Gasteiger partial charge is 0.320 e. The highest BCUT2D eigenvalue weighted by molar-refractivity contribution is 5.33. The Bertz CT molecular complexity index is 372. The molecule has 2 heteroatoms. The molecule has 106 valence electrons. The first-order chi connectivity index (χ1) is 9.20. The van der Waals surface area contributed by atoms with E-state index in [2.05, 4.69) is 49.3 Å². The van der Waals surface area contributed by atoms with Crippen molar-refractivity contribution in [3.8, 4) is 0 Å². The van der Waals surface area contributed by atoms with Gasteiger partial charge in [-0.15, -0.1) is 0 Å². The molecule has 0 aliphatic carbocycles. The predicted octanol–water partition coefficient (Wildman–Crippen LogP) is 3.12. The Morgan fingerprint density at radius 2 is 1.79 bits per heavy atom. The molecule has 0 saturated carbocycles. The van der Waals surface area contributed by atoms with Gasteiger partial charge >= 0.3 is 0 Å². The smallest absolute Gasteiger partial charge is 0.0238 e. The molecule has 0 atom stereocenters. The van der Waals surface area contributed by atoms with Crippen LogP contribution >= 0.6 is 0 Å². The van der Waals surface area contributed by atoms with Crippen molar-refractivity contribution in [2.24, 2.45) is 5.92 Å². The molecule has 19 heavy (non-hydrogen) atoms. The molecule has 0 amide bonds. The lowest BCUT2D eigenvalue weighted by atomic mass is 9.92. The second-order valence-electron chi connectivity index (χ2n) is 5.98. The number of nitrogens with one attached hydrogen (secondary N) is 1. The third-order valence-corrected chi connectivity index (χ3v) is 4.54. The number of aryl methyl sites for hydroxylation is 2. The van der Waals surface area contributed by atoms with Crippen LogP contribution in [0, 0.1) is 19.8 Å². The molecule has 0 bridgehead atoms. The summed E-state index contributed by atoms with van der Waals surface area (Å²) < 4.78 is 0. The first kappa shape index (κ1) is 14.5. The van der Waals surface area contributed by atoms with Gasteiger partial charge < -0.3 is 5.32 Å². The fourth-order valence-electron chi connectivity index (χ4n) is 3.10. The van der Waals surface area contributed by atoms with Crippen molar-refractivity contribution >= 4 is 0 Å². The molecule has 1 N–H and O–H groups in total. The van der Waals surface area contributed by atoms with Crippen molar-refractivity contribution in [1.29, 1.82) is 0 Å². The van der Waals surface area contributed by atoms with Crippen LogP contribution in [-0.2, 0) is 6.54 Å². The van der Waals surface area contributed by atoms with Crippen LogP contribution in [0.1, 0.15) is 36.0 Å². The number of likely N-dealkylation sites (tertiary alicyclic amines) is 1. The quantitative estimate of drug-likeness (QED) is 0.875. The predicted molar refractivity (Wildman–Crippen MR) is 82.5 cm³/mol. The monoisotopic (exact) mass is 260 g/mol. The maximum atomic E-state index is 3.27. The SMILES string of the molecule is CNCCC1CCN(Cc2c(C)cccc2C)CC1. The first-order valence-electron chi connectivity index (χ1n) is 7.62. The molecule has 1 aromatic rings. The van der Waals surface area contributed by atoms with E-state index in [-0.39, 0.29) is 0 Å². The van der Waals surface area contributed by atoms with Gasteiger partial charge in [0.2, 0.25) is 0 Å². The molecule has 0 spiro atoms. The Hall–Kier alpha value is -0.860. The van der Waals surface area contributed by atoms with Crippen LogP contribution in [0.2, 0.25) is 0 Å². The number of hydrogen-bond donors (Lipinski definition) is 1. The van der Waals surface area contributed by atoms with Crippen molar-refractivity contribution in [3.63, 3.8) is 0 Å². The number of benzene rings is 1. The third kappa shape index (κ3) is 4.05. The Balaban J connectivity index is 1.85. The topological polar surface area (TPSA) is 15.3 Å². The summed E-state index contributed by atoms with van der Waals surface area (Å²) in [6.45, 7) is 9.31. The van der Waals surface area contributed by atoms with Crippen LogP contribution in [0.3, 0.4) is 0 Å². The Morgan fingerprint density at radius 3 is 2.37 bits per heavy atom. The summed E-state index contributed by atoms with van der Waals surface area (Å²) in [4.78, 5) is 2.63. The minimum Gasteiger partial charge on any atom is -0.320 e. The van der Waals surface area contributed by atoms with Gasteiger partial charge in [0.05, 0.1) is 0 Å². The molecule has 1 aromatic carbocycles. The number of piperidine rings is 1. The van der Waals surface area contributed by atoms with Crippen molar-refractivity contribution in [3.05, 3.63) is 34.9 Å². The minimum absolute atomic E-state index is 0.932. The summed E-state index contributed by atoms with van der Waals surface area (Å²) >= 11 is 0. The van der Waals surface area contributed by atoms with Gasteiger partial charge in [0.1, 0.15) is 0 Å². The summed E-state index contributed by atoms with van der Waals surface area (Å²) in [5.74, 6) is 0.932. The molecular formula is C17H28N2. The van der Waals surface area contributed by atoms with Gasteiger partial charge in [0.15, 0.2) is 0 Å². The van der Waals surface area contributed by atoms with Gasteiger partial charge in [-0.1, -0.05) is 18.2 Å². The van der Waals surface area contributed by atoms with Crippen LogP contribution in [0.5, 0.6) is 0 Å². The summed E-state index contributed by atoms with van der Waals surface area (Å²) in [5.41, 5.74) is 4.42. The summed E-state index contributed by atoms with van der Waals surface area (Å²) in [6.07, 6.45) is 4.08.